The van der Waals surface area contributed by atoms with Gasteiger partial charge in [0.2, 0.25) is 0 Å². The number of aromatic nitrogens is 3. The van der Waals surface area contributed by atoms with Gasteiger partial charge in [0, 0.05) is 47.7 Å². The largest absolute Gasteiger partial charge is 0.491 e. The number of ether oxygens (including phenoxy) is 1. The molecule has 0 bridgehead atoms. The van der Waals surface area contributed by atoms with Gasteiger partial charge in [-0.15, -0.1) is 0 Å². The molecule has 6 nitrogen and oxygen atoms in total. The summed E-state index contributed by atoms with van der Waals surface area (Å²) in [4.78, 5) is 17.8. The van der Waals surface area contributed by atoms with Crippen molar-refractivity contribution in [1.82, 2.24) is 15.0 Å². The highest BCUT2D eigenvalue weighted by molar-refractivity contribution is 5.93. The van der Waals surface area contributed by atoms with Crippen LogP contribution in [0.5, 0.6) is 5.75 Å². The molecule has 164 valence electrons. The van der Waals surface area contributed by atoms with E-state index in [2.05, 4.69) is 31.3 Å². The van der Waals surface area contributed by atoms with Crippen LogP contribution in [-0.2, 0) is 0 Å². The molecule has 4 aromatic rings. The lowest BCUT2D eigenvalue weighted by Crippen LogP contribution is -2.15. The van der Waals surface area contributed by atoms with Gasteiger partial charge in [-0.25, -0.2) is 18.7 Å². The Labute approximate surface area is 188 Å². The molecule has 0 amide bonds. The van der Waals surface area contributed by atoms with E-state index < -0.39 is 11.6 Å². The molecular formula is C25H19F2N5O. The van der Waals surface area contributed by atoms with Crippen LogP contribution in [-0.4, -0.2) is 33.8 Å². The molecule has 1 atom stereocenters. The lowest BCUT2D eigenvalue weighted by Gasteiger charge is -2.15. The van der Waals surface area contributed by atoms with Crippen molar-refractivity contribution in [1.29, 1.82) is 0 Å². The van der Waals surface area contributed by atoms with Crippen molar-refractivity contribution in [2.45, 2.75) is 12.5 Å². The second-order valence-corrected chi connectivity index (χ2v) is 7.44. The fourth-order valence-corrected chi connectivity index (χ4v) is 3.45. The minimum Gasteiger partial charge on any atom is -0.491 e. The van der Waals surface area contributed by atoms with Gasteiger partial charge in [-0.2, -0.15) is 0 Å². The molecule has 0 aliphatic carbocycles. The Balaban J connectivity index is 1.53. The Kier molecular flexibility index (Phi) is 5.72. The second kappa shape index (κ2) is 9.12. The average molecular weight is 443 g/mol. The van der Waals surface area contributed by atoms with E-state index in [0.717, 1.165) is 24.1 Å². The molecule has 5 rings (SSSR count). The lowest BCUT2D eigenvalue weighted by atomic mass is 10.2. The van der Waals surface area contributed by atoms with Crippen LogP contribution in [0.1, 0.15) is 6.42 Å². The van der Waals surface area contributed by atoms with E-state index in [4.69, 9.17) is 4.74 Å². The van der Waals surface area contributed by atoms with E-state index in [1.165, 1.54) is 6.07 Å². The van der Waals surface area contributed by atoms with Crippen LogP contribution in [0.3, 0.4) is 0 Å². The van der Waals surface area contributed by atoms with Crippen LogP contribution >= 0.6 is 0 Å². The highest BCUT2D eigenvalue weighted by atomic mass is 19.2. The number of halogens is 2. The zero-order valence-electron chi connectivity index (χ0n) is 17.5. The van der Waals surface area contributed by atoms with Gasteiger partial charge in [-0.05, 0) is 42.5 Å². The molecular weight excluding hydrogens is 424 g/mol. The number of benzene rings is 2. The van der Waals surface area contributed by atoms with E-state index >= 15 is 0 Å². The normalized spacial score (nSPS) is 15.0. The number of dihydropyridines is 1. The van der Waals surface area contributed by atoms with Gasteiger partial charge >= 0.3 is 0 Å². The topological polar surface area (TPSA) is 72.3 Å². The van der Waals surface area contributed by atoms with E-state index in [9.17, 15) is 8.78 Å². The summed E-state index contributed by atoms with van der Waals surface area (Å²) < 4.78 is 33.1. The molecule has 1 aliphatic rings. The average Bonchev–Trinajstić information content (AvgIpc) is 2.86. The quantitative estimate of drug-likeness (QED) is 0.399. The summed E-state index contributed by atoms with van der Waals surface area (Å²) in [5.41, 5.74) is 1.76. The summed E-state index contributed by atoms with van der Waals surface area (Å²) in [6.07, 6.45) is 10.1. The maximum atomic E-state index is 13.8. The Morgan fingerprint density at radius 2 is 1.97 bits per heavy atom. The van der Waals surface area contributed by atoms with Gasteiger partial charge in [0.05, 0.1) is 5.52 Å². The summed E-state index contributed by atoms with van der Waals surface area (Å²) >= 11 is 0. The maximum Gasteiger partial charge on any atom is 0.163 e. The summed E-state index contributed by atoms with van der Waals surface area (Å²) in [6, 6.07) is 12.7. The molecule has 2 aromatic carbocycles. The SMILES string of the molecule is Fc1ccc(Nc2nc(-c3cccnc3)nc3ccc(OCC4C=CCC=N4)cc23)cc1F. The molecule has 0 saturated heterocycles. The molecule has 8 heteroatoms. The monoisotopic (exact) mass is 443 g/mol. The fraction of sp³-hybridized carbons (Fsp3) is 0.120. The molecule has 1 aliphatic heterocycles. The molecule has 33 heavy (non-hydrogen) atoms. The smallest absolute Gasteiger partial charge is 0.163 e. The first kappa shape index (κ1) is 20.7. The van der Waals surface area contributed by atoms with Gasteiger partial charge in [-0.3, -0.25) is 9.98 Å². The third-order valence-corrected chi connectivity index (χ3v) is 5.09. The summed E-state index contributed by atoms with van der Waals surface area (Å²) in [6.45, 7) is 0.402. The highest BCUT2D eigenvalue weighted by Crippen LogP contribution is 2.30. The summed E-state index contributed by atoms with van der Waals surface area (Å²) in [5, 5.41) is 3.76. The van der Waals surface area contributed by atoms with Gasteiger partial charge in [0.15, 0.2) is 17.5 Å². The van der Waals surface area contributed by atoms with Crippen molar-refractivity contribution in [2.24, 2.45) is 4.99 Å². The van der Waals surface area contributed by atoms with Gasteiger partial charge in [0.25, 0.3) is 0 Å². The molecule has 0 fully saturated rings. The van der Waals surface area contributed by atoms with Crippen LogP contribution in [0.15, 0.2) is 78.1 Å². The van der Waals surface area contributed by atoms with E-state index in [1.807, 2.05) is 36.6 Å². The first-order valence-electron chi connectivity index (χ1n) is 10.4. The van der Waals surface area contributed by atoms with Crippen LogP contribution in [0.4, 0.5) is 20.3 Å². The molecule has 2 aromatic heterocycles. The van der Waals surface area contributed by atoms with Crippen molar-refractivity contribution in [2.75, 3.05) is 11.9 Å². The zero-order chi connectivity index (χ0) is 22.6. The zero-order valence-corrected chi connectivity index (χ0v) is 17.5. The Morgan fingerprint density at radius 3 is 2.76 bits per heavy atom. The van der Waals surface area contributed by atoms with E-state index in [1.54, 1.807) is 18.5 Å². The number of hydrogen-bond acceptors (Lipinski definition) is 6. The molecule has 0 saturated carbocycles. The van der Waals surface area contributed by atoms with E-state index in [-0.39, 0.29) is 6.04 Å². The second-order valence-electron chi connectivity index (χ2n) is 7.44. The number of anilines is 2. The van der Waals surface area contributed by atoms with Crippen molar-refractivity contribution in [3.63, 3.8) is 0 Å². The minimum absolute atomic E-state index is 0.0292. The van der Waals surface area contributed by atoms with Crippen molar-refractivity contribution in [3.05, 3.63) is 84.7 Å². The number of hydrogen-bond donors (Lipinski definition) is 1. The highest BCUT2D eigenvalue weighted by Gasteiger charge is 2.13. The Bertz CT molecular complexity index is 1350. The first-order chi connectivity index (χ1) is 16.2. The summed E-state index contributed by atoms with van der Waals surface area (Å²) in [7, 11) is 0. The number of allylic oxidation sites excluding steroid dienone is 1. The molecule has 0 radical (unpaired) electrons. The van der Waals surface area contributed by atoms with Gasteiger partial charge in [-0.1, -0.05) is 12.2 Å². The summed E-state index contributed by atoms with van der Waals surface area (Å²) in [5.74, 6) is -0.347. The molecule has 0 spiro atoms. The predicted molar refractivity (Wildman–Crippen MR) is 124 cm³/mol. The van der Waals surface area contributed by atoms with Gasteiger partial charge < -0.3 is 10.1 Å². The van der Waals surface area contributed by atoms with E-state index in [0.29, 0.717) is 40.6 Å². The number of nitrogens with one attached hydrogen (secondary N) is 1. The first-order valence-corrected chi connectivity index (χ1v) is 10.4. The molecule has 1 unspecified atom stereocenters. The molecule has 1 N–H and O–H groups in total. The van der Waals surface area contributed by atoms with Crippen LogP contribution < -0.4 is 10.1 Å². The predicted octanol–water partition coefficient (Wildman–Crippen LogP) is 5.49. The third-order valence-electron chi connectivity index (χ3n) is 5.09. The van der Waals surface area contributed by atoms with Crippen LogP contribution in [0.25, 0.3) is 22.3 Å². The molecule has 3 heterocycles. The lowest BCUT2D eigenvalue weighted by molar-refractivity contribution is 0.307. The fourth-order valence-electron chi connectivity index (χ4n) is 3.45. The van der Waals surface area contributed by atoms with Gasteiger partial charge in [0.1, 0.15) is 24.2 Å². The third kappa shape index (κ3) is 4.69. The van der Waals surface area contributed by atoms with Crippen molar-refractivity contribution in [3.8, 4) is 17.1 Å². The Hall–Kier alpha value is -4.20. The van der Waals surface area contributed by atoms with Crippen molar-refractivity contribution >= 4 is 28.6 Å². The van der Waals surface area contributed by atoms with Crippen molar-refractivity contribution < 1.29 is 13.5 Å². The minimum atomic E-state index is -0.948. The maximum absolute atomic E-state index is 13.8. The number of rotatable bonds is 6. The number of nitrogens with zero attached hydrogens (tertiary/aromatic N) is 4. The van der Waals surface area contributed by atoms with Crippen LogP contribution in [0.2, 0.25) is 0 Å². The Morgan fingerprint density at radius 1 is 1.03 bits per heavy atom. The standard InChI is InChI=1S/C25H19F2N5O/c26-21-8-6-17(12-22(21)27)30-25-20-13-19(33-15-18-5-1-2-11-29-18)7-9-23(20)31-24(32-25)16-4-3-10-28-14-16/h1,3-14,18H,2,15H2,(H,30,31,32). The number of fused-ring (bicyclic) bond motifs is 1. The van der Waals surface area contributed by atoms with Crippen LogP contribution in [0, 0.1) is 11.6 Å². The number of aliphatic imine (C=N–C) groups is 1. The number of pyridine rings is 1.